The molecule has 3 heterocycles. The number of fused-ring (bicyclic) bond motifs is 2. The van der Waals surface area contributed by atoms with E-state index in [2.05, 4.69) is 15.4 Å². The molecular weight excluding hydrogens is 455 g/mol. The molecule has 11 heteroatoms. The number of piperidine rings is 1. The Labute approximate surface area is 194 Å². The third-order valence-corrected chi connectivity index (χ3v) is 8.83. The van der Waals surface area contributed by atoms with Crippen LogP contribution in [0.25, 0.3) is 10.9 Å². The number of carbonyl (C=O) groups is 3. The predicted molar refractivity (Wildman–Crippen MR) is 118 cm³/mol. The summed E-state index contributed by atoms with van der Waals surface area (Å²) in [6.07, 6.45) is 4.61. The fraction of sp³-hybridized carbons (Fsp3) is 0.571. The van der Waals surface area contributed by atoms with Crippen LogP contribution in [0.5, 0.6) is 0 Å². The van der Waals surface area contributed by atoms with Gasteiger partial charge in [-0.1, -0.05) is 13.8 Å². The molecule has 4 atom stereocenters. The van der Waals surface area contributed by atoms with E-state index in [-0.39, 0.29) is 41.4 Å². The van der Waals surface area contributed by atoms with Crippen molar-refractivity contribution in [2.75, 3.05) is 6.54 Å². The topological polar surface area (TPSA) is 123 Å². The Kier molecular flexibility index (Phi) is 4.73. The van der Waals surface area contributed by atoms with Crippen LogP contribution in [0.3, 0.4) is 0 Å². The van der Waals surface area contributed by atoms with E-state index in [0.29, 0.717) is 29.8 Å². The van der Waals surface area contributed by atoms with E-state index in [1.807, 2.05) is 13.8 Å². The zero-order valence-electron chi connectivity index (χ0n) is 17.7. The highest BCUT2D eigenvalue weighted by Crippen LogP contribution is 2.68. The number of halogens is 2. The predicted octanol–water partition coefficient (Wildman–Crippen LogP) is 1.47. The minimum absolute atomic E-state index is 0.0440. The fourth-order valence-electron chi connectivity index (χ4n) is 5.04. The van der Waals surface area contributed by atoms with Crippen molar-refractivity contribution in [3.63, 3.8) is 0 Å². The zero-order valence-corrected chi connectivity index (χ0v) is 19.2. The number of aromatic nitrogens is 3. The lowest BCUT2D eigenvalue weighted by atomic mass is 10.1. The molecule has 0 bridgehead atoms. The van der Waals surface area contributed by atoms with Gasteiger partial charge < -0.3 is 16.0 Å². The van der Waals surface area contributed by atoms with Crippen LogP contribution in [0.4, 0.5) is 0 Å². The van der Waals surface area contributed by atoms with Crippen LogP contribution in [0.2, 0.25) is 0 Å². The Morgan fingerprint density at radius 1 is 1.28 bits per heavy atom. The molecule has 2 aromatic heterocycles. The molecule has 32 heavy (non-hydrogen) atoms. The number of amides is 3. The van der Waals surface area contributed by atoms with E-state index in [4.69, 9.17) is 28.9 Å². The van der Waals surface area contributed by atoms with Crippen LogP contribution >= 0.6 is 23.2 Å². The maximum absolute atomic E-state index is 13.3. The van der Waals surface area contributed by atoms with E-state index in [1.54, 1.807) is 11.0 Å². The first-order valence-electron chi connectivity index (χ1n) is 10.6. The van der Waals surface area contributed by atoms with E-state index < -0.39 is 16.3 Å². The molecule has 1 saturated heterocycles. The lowest BCUT2D eigenvalue weighted by Crippen LogP contribution is -2.49. The SMILES string of the molecule is CC1(C)C(CNC(=O)[C@@H]2C[C@H]3C[C@H]3N2C(=O)Cn2nc(C(N)=O)c3ccncc32)C1(Cl)Cl. The van der Waals surface area contributed by atoms with E-state index in [1.165, 1.54) is 17.1 Å². The van der Waals surface area contributed by atoms with Crippen molar-refractivity contribution in [2.24, 2.45) is 23.0 Å². The van der Waals surface area contributed by atoms with Crippen molar-refractivity contribution in [1.29, 1.82) is 0 Å². The summed E-state index contributed by atoms with van der Waals surface area (Å²) in [6.45, 7) is 4.19. The molecule has 0 aromatic carbocycles. The van der Waals surface area contributed by atoms with E-state index in [9.17, 15) is 14.4 Å². The van der Waals surface area contributed by atoms with Gasteiger partial charge in [0.05, 0.1) is 11.7 Å². The number of primary amides is 1. The fourth-order valence-corrected chi connectivity index (χ4v) is 5.90. The monoisotopic (exact) mass is 478 g/mol. The zero-order chi connectivity index (χ0) is 23.0. The second-order valence-corrected chi connectivity index (χ2v) is 10.9. The minimum Gasteiger partial charge on any atom is -0.364 e. The summed E-state index contributed by atoms with van der Waals surface area (Å²) in [5.41, 5.74) is 5.79. The highest BCUT2D eigenvalue weighted by Gasteiger charge is 2.69. The Bertz CT molecular complexity index is 1130. The summed E-state index contributed by atoms with van der Waals surface area (Å²) in [5.74, 6) is -0.801. The maximum Gasteiger partial charge on any atom is 0.269 e. The minimum atomic E-state index is -0.860. The van der Waals surface area contributed by atoms with Crippen LogP contribution in [0.1, 0.15) is 37.2 Å². The summed E-state index contributed by atoms with van der Waals surface area (Å²) in [7, 11) is 0. The molecule has 3 N–H and O–H groups in total. The lowest BCUT2D eigenvalue weighted by molar-refractivity contribution is -0.140. The van der Waals surface area contributed by atoms with Crippen molar-refractivity contribution in [3.8, 4) is 0 Å². The van der Waals surface area contributed by atoms with Gasteiger partial charge in [0, 0.05) is 35.5 Å². The molecule has 170 valence electrons. The van der Waals surface area contributed by atoms with Gasteiger partial charge >= 0.3 is 0 Å². The molecule has 2 aromatic rings. The molecule has 1 unspecified atom stereocenters. The molecule has 3 amide bonds. The van der Waals surface area contributed by atoms with Crippen LogP contribution in [-0.2, 0) is 16.1 Å². The summed E-state index contributed by atoms with van der Waals surface area (Å²) < 4.78 is 0.568. The third kappa shape index (κ3) is 3.16. The van der Waals surface area contributed by atoms with Gasteiger partial charge in [-0.15, -0.1) is 23.2 Å². The molecule has 5 rings (SSSR count). The van der Waals surface area contributed by atoms with E-state index >= 15 is 0 Å². The van der Waals surface area contributed by atoms with Gasteiger partial charge in [0.2, 0.25) is 11.8 Å². The second-order valence-electron chi connectivity index (χ2n) is 9.52. The first-order chi connectivity index (χ1) is 15.0. The number of nitrogens with zero attached hydrogens (tertiary/aromatic N) is 4. The average Bonchev–Trinajstić information content (AvgIpc) is 3.39. The van der Waals surface area contributed by atoms with Gasteiger partial charge in [-0.25, -0.2) is 0 Å². The summed E-state index contributed by atoms with van der Waals surface area (Å²) >= 11 is 12.6. The first-order valence-corrected chi connectivity index (χ1v) is 11.4. The van der Waals surface area contributed by atoms with Crippen molar-refractivity contribution in [3.05, 3.63) is 24.2 Å². The summed E-state index contributed by atoms with van der Waals surface area (Å²) in [6, 6.07) is 1.16. The van der Waals surface area contributed by atoms with Crippen molar-refractivity contribution < 1.29 is 14.4 Å². The van der Waals surface area contributed by atoms with Gasteiger partial charge in [-0.2, -0.15) is 5.10 Å². The van der Waals surface area contributed by atoms with Crippen LogP contribution < -0.4 is 11.1 Å². The Morgan fingerprint density at radius 3 is 2.66 bits per heavy atom. The van der Waals surface area contributed by atoms with Crippen LogP contribution in [0, 0.1) is 17.3 Å². The quantitative estimate of drug-likeness (QED) is 0.608. The van der Waals surface area contributed by atoms with Gasteiger partial charge in [0.1, 0.15) is 16.9 Å². The van der Waals surface area contributed by atoms with Crippen molar-refractivity contribution >= 4 is 51.8 Å². The molecule has 9 nitrogen and oxygen atoms in total. The number of hydrogen-bond donors (Lipinski definition) is 2. The normalized spacial score (nSPS) is 28.9. The van der Waals surface area contributed by atoms with Gasteiger partial charge in [-0.3, -0.25) is 24.0 Å². The number of carbonyl (C=O) groups excluding carboxylic acids is 3. The number of alkyl halides is 2. The van der Waals surface area contributed by atoms with Crippen LogP contribution in [0.15, 0.2) is 18.5 Å². The molecule has 3 fully saturated rings. The largest absolute Gasteiger partial charge is 0.364 e. The van der Waals surface area contributed by atoms with Crippen LogP contribution in [-0.4, -0.2) is 60.3 Å². The molecule has 2 aliphatic carbocycles. The molecule has 0 radical (unpaired) electrons. The maximum atomic E-state index is 13.3. The Morgan fingerprint density at radius 2 is 2.00 bits per heavy atom. The third-order valence-electron chi connectivity index (χ3n) is 7.33. The van der Waals surface area contributed by atoms with Crippen molar-refractivity contribution in [1.82, 2.24) is 25.0 Å². The highest BCUT2D eigenvalue weighted by molar-refractivity contribution is 6.51. The number of likely N-dealkylation sites (tertiary alicyclic amines) is 1. The number of rotatable bonds is 6. The smallest absolute Gasteiger partial charge is 0.269 e. The highest BCUT2D eigenvalue weighted by atomic mass is 35.5. The van der Waals surface area contributed by atoms with Crippen molar-refractivity contribution in [2.45, 2.75) is 49.7 Å². The first kappa shape index (κ1) is 21.5. The molecule has 2 saturated carbocycles. The number of pyridine rings is 1. The van der Waals surface area contributed by atoms with Gasteiger partial charge in [0.15, 0.2) is 5.69 Å². The molecule has 0 spiro atoms. The Balaban J connectivity index is 1.31. The molecule has 3 aliphatic rings. The van der Waals surface area contributed by atoms with Gasteiger partial charge in [0.25, 0.3) is 5.91 Å². The van der Waals surface area contributed by atoms with Gasteiger partial charge in [-0.05, 0) is 24.8 Å². The summed E-state index contributed by atoms with van der Waals surface area (Å²) in [4.78, 5) is 43.7. The molecular formula is C21H24Cl2N6O3. The summed E-state index contributed by atoms with van der Waals surface area (Å²) in [5, 5.41) is 7.71. The molecule has 1 aliphatic heterocycles. The average molecular weight is 479 g/mol. The number of hydrogen-bond acceptors (Lipinski definition) is 5. The van der Waals surface area contributed by atoms with E-state index in [0.717, 1.165) is 6.42 Å². The standard InChI is InChI=1S/C21H24Cl2N6O3/c1-20(2)15(21(20,22)23)8-26-19(32)13-6-10-5-12(10)29(13)16(30)9-28-14-7-25-4-3-11(14)17(27-28)18(24)31/h3-4,7,10,12-13,15H,5-6,8-9H2,1-2H3,(H2,24,31)(H,26,32)/t10-,12-,13+,15?/m1/s1. The Hall–Kier alpha value is -2.39. The second kappa shape index (κ2) is 7.05. The lowest BCUT2D eigenvalue weighted by Gasteiger charge is -2.27. The number of nitrogens with one attached hydrogen (secondary N) is 1. The number of nitrogens with two attached hydrogens (primary N) is 1.